The number of hydrogen-bond acceptors (Lipinski definition) is 2. The Bertz CT molecular complexity index is 2600. The maximum Gasteiger partial charge on any atom is 0.178 e. The van der Waals surface area contributed by atoms with Crippen LogP contribution in [0.2, 0.25) is 0 Å². The quantitative estimate of drug-likeness (QED) is 0.183. The van der Waals surface area contributed by atoms with E-state index in [9.17, 15) is 0 Å². The zero-order chi connectivity index (χ0) is 31.3. The fraction of sp³-hybridized carbons (Fsp3) is 0.0667. The molecule has 0 saturated carbocycles. The third-order valence-corrected chi connectivity index (χ3v) is 10.3. The molecule has 0 aromatic heterocycles. The van der Waals surface area contributed by atoms with Gasteiger partial charge < -0.3 is 9.47 Å². The summed E-state index contributed by atoms with van der Waals surface area (Å²) in [6, 6.07) is 52.3. The fourth-order valence-electron chi connectivity index (χ4n) is 7.91. The van der Waals surface area contributed by atoms with Gasteiger partial charge in [0.25, 0.3) is 0 Å². The number of benzene rings is 8. The minimum absolute atomic E-state index is 0.145. The van der Waals surface area contributed by atoms with Crippen molar-refractivity contribution in [2.75, 3.05) is 0 Å². The van der Waals surface area contributed by atoms with Gasteiger partial charge in [0.2, 0.25) is 0 Å². The molecule has 2 aliphatic rings. The van der Waals surface area contributed by atoms with Crippen LogP contribution in [0.15, 0.2) is 146 Å². The van der Waals surface area contributed by atoms with E-state index in [1.165, 1.54) is 49.7 Å². The molecular formula is C45H30O2. The second-order valence-electron chi connectivity index (χ2n) is 13.3. The molecule has 47 heavy (non-hydrogen) atoms. The highest BCUT2D eigenvalue weighted by Gasteiger charge is 2.36. The van der Waals surface area contributed by atoms with Crippen molar-refractivity contribution in [2.24, 2.45) is 0 Å². The molecule has 0 radical (unpaired) electrons. The largest absolute Gasteiger partial charge is 0.449 e. The van der Waals surface area contributed by atoms with E-state index in [0.29, 0.717) is 0 Å². The smallest absolute Gasteiger partial charge is 0.178 e. The Morgan fingerprint density at radius 2 is 0.894 bits per heavy atom. The van der Waals surface area contributed by atoms with Crippen molar-refractivity contribution in [1.82, 2.24) is 0 Å². The lowest BCUT2D eigenvalue weighted by Gasteiger charge is -2.25. The summed E-state index contributed by atoms with van der Waals surface area (Å²) in [7, 11) is 0. The molecule has 0 atom stereocenters. The van der Waals surface area contributed by atoms with E-state index in [1.807, 2.05) is 6.07 Å². The molecule has 10 rings (SSSR count). The van der Waals surface area contributed by atoms with Gasteiger partial charge in [-0.05, 0) is 90.3 Å². The van der Waals surface area contributed by atoms with E-state index in [2.05, 4.69) is 153 Å². The molecule has 0 saturated heterocycles. The lowest BCUT2D eigenvalue weighted by molar-refractivity contribution is 0.367. The van der Waals surface area contributed by atoms with Crippen LogP contribution in [-0.4, -0.2) is 0 Å². The summed E-state index contributed by atoms with van der Waals surface area (Å²) < 4.78 is 13.3. The molecule has 222 valence electrons. The fourth-order valence-corrected chi connectivity index (χ4v) is 7.91. The third kappa shape index (κ3) is 3.79. The summed E-state index contributed by atoms with van der Waals surface area (Å²) in [5, 5.41) is 6.98. The Hall–Kier alpha value is -5.86. The predicted octanol–water partition coefficient (Wildman–Crippen LogP) is 12.7. The SMILES string of the molecule is CC1(C)c2cc(-c3ccc4c(c3)Oc3c(c5ccccc5c5ccccc35)O4)ccc2-c2ccc(-c3cccc4ccccc34)cc21. The first-order valence-corrected chi connectivity index (χ1v) is 16.3. The average Bonchev–Trinajstić information content (AvgIpc) is 3.35. The number of hydrogen-bond donors (Lipinski definition) is 0. The highest BCUT2D eigenvalue weighted by Crippen LogP contribution is 2.54. The molecule has 1 aliphatic heterocycles. The summed E-state index contributed by atoms with van der Waals surface area (Å²) in [6.07, 6.45) is 0. The maximum atomic E-state index is 6.71. The Morgan fingerprint density at radius 3 is 1.60 bits per heavy atom. The van der Waals surface area contributed by atoms with Gasteiger partial charge in [0.05, 0.1) is 0 Å². The second-order valence-corrected chi connectivity index (χ2v) is 13.3. The van der Waals surface area contributed by atoms with Crippen LogP contribution in [0.1, 0.15) is 25.0 Å². The van der Waals surface area contributed by atoms with Crippen LogP contribution in [-0.2, 0) is 5.41 Å². The van der Waals surface area contributed by atoms with Crippen LogP contribution in [0.25, 0.3) is 65.7 Å². The van der Waals surface area contributed by atoms with Gasteiger partial charge in [0, 0.05) is 16.2 Å². The Kier molecular flexibility index (Phi) is 5.37. The Balaban J connectivity index is 1.04. The lowest BCUT2D eigenvalue weighted by atomic mass is 9.80. The molecule has 0 fully saturated rings. The lowest BCUT2D eigenvalue weighted by Crippen LogP contribution is -2.15. The first-order valence-electron chi connectivity index (χ1n) is 16.3. The van der Waals surface area contributed by atoms with Crippen molar-refractivity contribution >= 4 is 32.3 Å². The van der Waals surface area contributed by atoms with Crippen LogP contribution in [0, 0.1) is 0 Å². The third-order valence-electron chi connectivity index (χ3n) is 10.3. The Labute approximate surface area is 273 Å². The van der Waals surface area contributed by atoms with Gasteiger partial charge in [-0.15, -0.1) is 0 Å². The molecule has 0 unspecified atom stereocenters. The molecule has 8 aromatic carbocycles. The molecular weight excluding hydrogens is 572 g/mol. The summed E-state index contributed by atoms with van der Waals surface area (Å²) in [6.45, 7) is 4.70. The first kappa shape index (κ1) is 26.4. The molecule has 2 heteroatoms. The molecule has 8 aromatic rings. The Morgan fingerprint density at radius 1 is 0.383 bits per heavy atom. The monoisotopic (exact) mass is 602 g/mol. The highest BCUT2D eigenvalue weighted by molar-refractivity contribution is 6.14. The van der Waals surface area contributed by atoms with Gasteiger partial charge in [0.1, 0.15) is 0 Å². The predicted molar refractivity (Wildman–Crippen MR) is 194 cm³/mol. The van der Waals surface area contributed by atoms with Crippen molar-refractivity contribution in [3.05, 3.63) is 157 Å². The van der Waals surface area contributed by atoms with E-state index in [0.717, 1.165) is 50.1 Å². The van der Waals surface area contributed by atoms with E-state index < -0.39 is 0 Å². The summed E-state index contributed by atoms with van der Waals surface area (Å²) in [5.41, 5.74) is 10.00. The zero-order valence-electron chi connectivity index (χ0n) is 26.2. The van der Waals surface area contributed by atoms with Crippen LogP contribution in [0.4, 0.5) is 0 Å². The summed E-state index contributed by atoms with van der Waals surface area (Å²) in [5.74, 6) is 3.02. The minimum atomic E-state index is -0.145. The molecule has 1 aliphatic carbocycles. The second kappa shape index (κ2) is 9.57. The molecule has 0 spiro atoms. The standard InChI is InChI=1S/C45H30O2/c1-45(2)39-24-28(18-21-35(39)36-22-19-30(25-40(36)45)32-17-9-11-27-10-3-4-12-31(27)32)29-20-23-41-42(26-29)47-44-38-16-8-6-14-34(38)33-13-5-7-15-37(33)43(44)46-41/h3-26H,1-2H3. The van der Waals surface area contributed by atoms with E-state index >= 15 is 0 Å². The minimum Gasteiger partial charge on any atom is -0.449 e. The van der Waals surface area contributed by atoms with E-state index in [4.69, 9.17) is 9.47 Å². The van der Waals surface area contributed by atoms with Gasteiger partial charge in [-0.2, -0.15) is 0 Å². The van der Waals surface area contributed by atoms with Gasteiger partial charge in [-0.25, -0.2) is 0 Å². The normalized spacial score (nSPS) is 13.8. The van der Waals surface area contributed by atoms with Crippen LogP contribution < -0.4 is 9.47 Å². The van der Waals surface area contributed by atoms with Crippen molar-refractivity contribution < 1.29 is 9.47 Å². The van der Waals surface area contributed by atoms with Crippen LogP contribution in [0.3, 0.4) is 0 Å². The van der Waals surface area contributed by atoms with Gasteiger partial charge in [0.15, 0.2) is 23.0 Å². The molecule has 0 N–H and O–H groups in total. The zero-order valence-corrected chi connectivity index (χ0v) is 26.2. The van der Waals surface area contributed by atoms with Crippen LogP contribution >= 0.6 is 0 Å². The topological polar surface area (TPSA) is 18.5 Å². The molecule has 0 bridgehead atoms. The van der Waals surface area contributed by atoms with Crippen molar-refractivity contribution in [3.8, 4) is 56.4 Å². The molecule has 0 amide bonds. The summed E-state index contributed by atoms with van der Waals surface area (Å²) >= 11 is 0. The van der Waals surface area contributed by atoms with Crippen molar-refractivity contribution in [3.63, 3.8) is 0 Å². The van der Waals surface area contributed by atoms with Gasteiger partial charge >= 0.3 is 0 Å². The maximum absolute atomic E-state index is 6.71. The van der Waals surface area contributed by atoms with E-state index in [-0.39, 0.29) is 5.41 Å². The van der Waals surface area contributed by atoms with Gasteiger partial charge in [-0.3, -0.25) is 0 Å². The number of ether oxygens (including phenoxy) is 2. The van der Waals surface area contributed by atoms with Crippen molar-refractivity contribution in [1.29, 1.82) is 0 Å². The van der Waals surface area contributed by atoms with Crippen LogP contribution in [0.5, 0.6) is 23.0 Å². The number of fused-ring (bicyclic) bond motifs is 11. The van der Waals surface area contributed by atoms with Crippen molar-refractivity contribution in [2.45, 2.75) is 19.3 Å². The molecule has 2 nitrogen and oxygen atoms in total. The molecule has 1 heterocycles. The highest BCUT2D eigenvalue weighted by atomic mass is 16.6. The van der Waals surface area contributed by atoms with Gasteiger partial charge in [-0.1, -0.05) is 135 Å². The number of rotatable bonds is 2. The average molecular weight is 603 g/mol. The van der Waals surface area contributed by atoms with E-state index in [1.54, 1.807) is 0 Å². The first-order chi connectivity index (χ1) is 23.0. The summed E-state index contributed by atoms with van der Waals surface area (Å²) in [4.78, 5) is 0.